The second-order valence-corrected chi connectivity index (χ2v) is 10.9. The van der Waals surface area contributed by atoms with Gasteiger partial charge in [-0.1, -0.05) is 51.1 Å². The van der Waals surface area contributed by atoms with E-state index >= 15 is 0 Å². The van der Waals surface area contributed by atoms with Gasteiger partial charge in [0.1, 0.15) is 5.78 Å². The minimum atomic E-state index is -1.32. The zero-order valence-corrected chi connectivity index (χ0v) is 17.4. The number of rotatable bonds is 6. The molecule has 3 unspecified atom stereocenters. The van der Waals surface area contributed by atoms with Gasteiger partial charge in [-0.2, -0.15) is 0 Å². The van der Waals surface area contributed by atoms with E-state index in [9.17, 15) is 9.90 Å². The van der Waals surface area contributed by atoms with Crippen LogP contribution in [0.5, 0.6) is 0 Å². The number of carbonyl (C=O) groups excluding carboxylic acids is 1. The summed E-state index contributed by atoms with van der Waals surface area (Å²) in [6.07, 6.45) is -0.546. The van der Waals surface area contributed by atoms with E-state index in [1.54, 1.807) is 0 Å². The van der Waals surface area contributed by atoms with Gasteiger partial charge in [0.05, 0.1) is 18.1 Å². The fourth-order valence-electron chi connectivity index (χ4n) is 3.51. The molecule has 0 spiro atoms. The van der Waals surface area contributed by atoms with Crippen molar-refractivity contribution in [2.45, 2.75) is 59.0 Å². The Hall–Kier alpha value is -1.01. The van der Waals surface area contributed by atoms with Crippen molar-refractivity contribution < 1.29 is 14.3 Å². The van der Waals surface area contributed by atoms with Crippen molar-refractivity contribution in [3.63, 3.8) is 0 Å². The summed E-state index contributed by atoms with van der Waals surface area (Å²) in [6.45, 7) is 12.6. The van der Waals surface area contributed by atoms with Crippen LogP contribution in [0.15, 0.2) is 30.3 Å². The van der Waals surface area contributed by atoms with Crippen LogP contribution >= 0.6 is 0 Å². The molecule has 1 saturated heterocycles. The van der Waals surface area contributed by atoms with Gasteiger partial charge in [0.15, 0.2) is 9.04 Å². The number of hydrogen-bond donors (Lipinski definition) is 1. The molecule has 4 nitrogen and oxygen atoms in total. The van der Waals surface area contributed by atoms with Crippen molar-refractivity contribution in [1.82, 2.24) is 4.90 Å². The van der Waals surface area contributed by atoms with Crippen molar-refractivity contribution in [3.8, 4) is 0 Å². The van der Waals surface area contributed by atoms with E-state index in [-0.39, 0.29) is 23.2 Å². The number of hydrogen-bond acceptors (Lipinski definition) is 4. The summed E-state index contributed by atoms with van der Waals surface area (Å²) in [4.78, 5) is 14.8. The Morgan fingerprint density at radius 2 is 1.92 bits per heavy atom. The molecule has 0 amide bonds. The monoisotopic (exact) mass is 363 g/mol. The lowest BCUT2D eigenvalue weighted by atomic mass is 9.78. The van der Waals surface area contributed by atoms with Crippen LogP contribution in [-0.4, -0.2) is 50.1 Å². The molecular weight excluding hydrogens is 330 g/mol. The lowest BCUT2D eigenvalue weighted by Crippen LogP contribution is -2.53. The molecule has 0 radical (unpaired) electrons. The van der Waals surface area contributed by atoms with Crippen LogP contribution in [0.3, 0.4) is 0 Å². The standard InChI is InChI=1S/C20H33NO3Si/c1-20(2,3)19(24-25(4)5)18(23)16-14-21(12-11-17(16)22)13-15-9-7-6-8-10-15/h6-10,16,18-19,23,25H,11-14H2,1-5H3. The van der Waals surface area contributed by atoms with Crippen LogP contribution in [0, 0.1) is 11.3 Å². The van der Waals surface area contributed by atoms with Crippen molar-refractivity contribution in [2.24, 2.45) is 11.3 Å². The summed E-state index contributed by atoms with van der Waals surface area (Å²) >= 11 is 0. The lowest BCUT2D eigenvalue weighted by molar-refractivity contribution is -0.137. The third-order valence-corrected chi connectivity index (χ3v) is 5.62. The summed E-state index contributed by atoms with van der Waals surface area (Å²) in [7, 11) is -1.32. The molecule has 1 aromatic carbocycles. The smallest absolute Gasteiger partial charge is 0.171 e. The molecule has 0 bridgehead atoms. The maximum Gasteiger partial charge on any atom is 0.171 e. The molecule has 3 atom stereocenters. The fourth-order valence-corrected chi connectivity index (χ4v) is 4.67. The zero-order valence-electron chi connectivity index (χ0n) is 16.2. The molecule has 1 aromatic rings. The predicted molar refractivity (Wildman–Crippen MR) is 104 cm³/mol. The van der Waals surface area contributed by atoms with Crippen LogP contribution in [-0.2, 0) is 15.8 Å². The number of carbonyl (C=O) groups is 1. The fraction of sp³-hybridized carbons (Fsp3) is 0.650. The first-order valence-corrected chi connectivity index (χ1v) is 12.1. The molecule has 1 N–H and O–H groups in total. The molecule has 25 heavy (non-hydrogen) atoms. The first kappa shape index (κ1) is 20.3. The average Bonchev–Trinajstić information content (AvgIpc) is 2.53. The maximum absolute atomic E-state index is 12.5. The highest BCUT2D eigenvalue weighted by molar-refractivity contribution is 6.48. The van der Waals surface area contributed by atoms with Gasteiger partial charge in [0, 0.05) is 26.1 Å². The van der Waals surface area contributed by atoms with Crippen LogP contribution in [0.25, 0.3) is 0 Å². The lowest BCUT2D eigenvalue weighted by Gasteiger charge is -2.42. The highest BCUT2D eigenvalue weighted by Crippen LogP contribution is 2.31. The van der Waals surface area contributed by atoms with E-state index in [1.807, 2.05) is 18.2 Å². The van der Waals surface area contributed by atoms with Crippen molar-refractivity contribution in [2.75, 3.05) is 13.1 Å². The average molecular weight is 364 g/mol. The van der Waals surface area contributed by atoms with E-state index < -0.39 is 15.1 Å². The summed E-state index contributed by atoms with van der Waals surface area (Å²) in [6, 6.07) is 10.3. The zero-order chi connectivity index (χ0) is 18.6. The predicted octanol–water partition coefficient (Wildman–Crippen LogP) is 2.85. The normalized spacial score (nSPS) is 22.2. The molecule has 5 heteroatoms. The van der Waals surface area contributed by atoms with Gasteiger partial charge in [-0.05, 0) is 24.1 Å². The minimum Gasteiger partial charge on any atom is -0.414 e. The highest BCUT2D eigenvalue weighted by atomic mass is 28.3. The van der Waals surface area contributed by atoms with Crippen LogP contribution in [0.4, 0.5) is 0 Å². The highest BCUT2D eigenvalue weighted by Gasteiger charge is 2.41. The van der Waals surface area contributed by atoms with Gasteiger partial charge in [-0.3, -0.25) is 9.69 Å². The van der Waals surface area contributed by atoms with Crippen LogP contribution in [0.2, 0.25) is 13.1 Å². The van der Waals surface area contributed by atoms with Gasteiger partial charge in [0.2, 0.25) is 0 Å². The number of benzene rings is 1. The van der Waals surface area contributed by atoms with Gasteiger partial charge in [-0.25, -0.2) is 0 Å². The van der Waals surface area contributed by atoms with E-state index in [0.29, 0.717) is 13.0 Å². The third-order valence-electron chi connectivity index (χ3n) is 4.79. The molecule has 1 aliphatic rings. The molecule has 0 aromatic heterocycles. The number of aliphatic hydroxyl groups excluding tert-OH is 1. The Morgan fingerprint density at radius 3 is 2.48 bits per heavy atom. The molecule has 1 aliphatic heterocycles. The second kappa shape index (κ2) is 8.58. The first-order chi connectivity index (χ1) is 11.7. The molecule has 1 fully saturated rings. The van der Waals surface area contributed by atoms with Gasteiger partial charge < -0.3 is 9.53 Å². The number of aliphatic hydroxyl groups is 1. The Kier molecular flexibility index (Phi) is 6.97. The third kappa shape index (κ3) is 5.74. The van der Waals surface area contributed by atoms with Crippen molar-refractivity contribution >= 4 is 14.8 Å². The Bertz CT molecular complexity index is 556. The second-order valence-electron chi connectivity index (χ2n) is 8.51. The van der Waals surface area contributed by atoms with Crippen molar-refractivity contribution in [1.29, 1.82) is 0 Å². The van der Waals surface area contributed by atoms with E-state index in [2.05, 4.69) is 50.9 Å². The first-order valence-electron chi connectivity index (χ1n) is 9.31. The van der Waals surface area contributed by atoms with E-state index in [4.69, 9.17) is 4.43 Å². The Labute approximate surface area is 153 Å². The number of likely N-dealkylation sites (tertiary alicyclic amines) is 1. The summed E-state index contributed by atoms with van der Waals surface area (Å²) in [5.74, 6) is -0.200. The number of ketones is 1. The number of nitrogens with zero attached hydrogens (tertiary/aromatic N) is 1. The molecule has 1 heterocycles. The van der Waals surface area contributed by atoms with Crippen LogP contribution in [0.1, 0.15) is 32.8 Å². The molecule has 0 saturated carbocycles. The molecule has 140 valence electrons. The van der Waals surface area contributed by atoms with Crippen molar-refractivity contribution in [3.05, 3.63) is 35.9 Å². The topological polar surface area (TPSA) is 49.8 Å². The van der Waals surface area contributed by atoms with Gasteiger partial charge in [-0.15, -0.1) is 0 Å². The molecular formula is C20H33NO3Si. The maximum atomic E-state index is 12.5. The largest absolute Gasteiger partial charge is 0.414 e. The molecule has 0 aliphatic carbocycles. The number of piperidine rings is 1. The molecule has 2 rings (SSSR count). The Morgan fingerprint density at radius 1 is 1.28 bits per heavy atom. The minimum absolute atomic E-state index is 0.167. The van der Waals surface area contributed by atoms with E-state index in [0.717, 1.165) is 13.1 Å². The SMILES string of the molecule is C[SiH](C)OC(C(O)C1CN(Cc2ccccc2)CCC1=O)C(C)(C)C. The van der Waals surface area contributed by atoms with Gasteiger partial charge in [0.25, 0.3) is 0 Å². The van der Waals surface area contributed by atoms with E-state index in [1.165, 1.54) is 5.56 Å². The summed E-state index contributed by atoms with van der Waals surface area (Å²) in [5, 5.41) is 11.0. The van der Waals surface area contributed by atoms with Gasteiger partial charge >= 0.3 is 0 Å². The number of Topliss-reactive ketones (excluding diaryl/α,β-unsaturated/α-hetero) is 1. The summed E-state index contributed by atoms with van der Waals surface area (Å²) in [5.41, 5.74) is 1.04. The summed E-state index contributed by atoms with van der Waals surface area (Å²) < 4.78 is 6.15. The quantitative estimate of drug-likeness (QED) is 0.790. The van der Waals surface area contributed by atoms with Crippen LogP contribution < -0.4 is 0 Å². The Balaban J connectivity index is 2.10.